The number of carboxylic acid groups (broad SMARTS) is 1. The van der Waals surface area contributed by atoms with E-state index in [4.69, 9.17) is 16.3 Å². The molecule has 2 aliphatic heterocycles. The Morgan fingerprint density at radius 3 is 2.96 bits per heavy atom. The number of ether oxygens (including phenoxy) is 1. The fraction of sp³-hybridized carbons (Fsp3) is 0.400. The Morgan fingerprint density at radius 1 is 1.50 bits per heavy atom. The highest BCUT2D eigenvalue weighted by atomic mass is 35.5. The molecule has 1 aromatic rings. The fourth-order valence-electron chi connectivity index (χ4n) is 2.63. The van der Waals surface area contributed by atoms with Gasteiger partial charge in [0.25, 0.3) is 0 Å². The van der Waals surface area contributed by atoms with Crippen LogP contribution >= 0.6 is 23.4 Å². The maximum Gasteiger partial charge on any atom is 0.331 e. The van der Waals surface area contributed by atoms with Crippen molar-refractivity contribution < 1.29 is 24.2 Å². The standard InChI is InChI=1S/C15H15ClN2O5S/c16-8-1-2-10-9(5-8)17-13(20)11(24-10)6-12(19)18-15(14(21)22)3-4-23-7-15/h1-2,5,11H,3-4,6-7H2,(H,17,20)(H,18,19)(H,21,22). The molecule has 0 bridgehead atoms. The summed E-state index contributed by atoms with van der Waals surface area (Å²) in [7, 11) is 0. The van der Waals surface area contributed by atoms with Crippen LogP contribution in [0, 0.1) is 0 Å². The third-order valence-electron chi connectivity index (χ3n) is 3.94. The van der Waals surface area contributed by atoms with E-state index in [0.717, 1.165) is 4.90 Å². The number of hydrogen-bond acceptors (Lipinski definition) is 5. The van der Waals surface area contributed by atoms with E-state index < -0.39 is 22.7 Å². The first-order chi connectivity index (χ1) is 11.4. The quantitative estimate of drug-likeness (QED) is 0.742. The Bertz CT molecular complexity index is 705. The molecule has 0 aliphatic carbocycles. The average molecular weight is 371 g/mol. The molecule has 3 rings (SSSR count). The molecule has 2 amide bonds. The van der Waals surface area contributed by atoms with Crippen molar-refractivity contribution in [3.8, 4) is 0 Å². The summed E-state index contributed by atoms with van der Waals surface area (Å²) in [6.07, 6.45) is 0.0903. The van der Waals surface area contributed by atoms with Gasteiger partial charge in [-0.25, -0.2) is 4.79 Å². The lowest BCUT2D eigenvalue weighted by Gasteiger charge is -2.27. The van der Waals surface area contributed by atoms with Crippen molar-refractivity contribution in [2.24, 2.45) is 0 Å². The van der Waals surface area contributed by atoms with Gasteiger partial charge in [-0.15, -0.1) is 11.8 Å². The van der Waals surface area contributed by atoms with E-state index in [2.05, 4.69) is 10.6 Å². The van der Waals surface area contributed by atoms with Crippen LogP contribution in [-0.2, 0) is 19.1 Å². The maximum atomic E-state index is 12.2. The molecule has 2 aliphatic rings. The van der Waals surface area contributed by atoms with Crippen LogP contribution in [0.5, 0.6) is 0 Å². The van der Waals surface area contributed by atoms with Crippen molar-refractivity contribution >= 4 is 46.8 Å². The molecule has 3 N–H and O–H groups in total. The number of carbonyl (C=O) groups is 3. The van der Waals surface area contributed by atoms with Crippen molar-refractivity contribution in [1.82, 2.24) is 5.32 Å². The Hall–Kier alpha value is -1.77. The molecule has 2 unspecified atom stereocenters. The van der Waals surface area contributed by atoms with Gasteiger partial charge in [-0.1, -0.05) is 11.6 Å². The van der Waals surface area contributed by atoms with E-state index in [0.29, 0.717) is 10.7 Å². The normalized spacial score (nSPS) is 25.7. The fourth-order valence-corrected chi connectivity index (χ4v) is 3.89. The smallest absolute Gasteiger partial charge is 0.331 e. The molecular formula is C15H15ClN2O5S. The average Bonchev–Trinajstić information content (AvgIpc) is 2.98. The highest BCUT2D eigenvalue weighted by Gasteiger charge is 2.44. The molecule has 7 nitrogen and oxygen atoms in total. The molecule has 128 valence electrons. The zero-order chi connectivity index (χ0) is 17.3. The topological polar surface area (TPSA) is 105 Å². The van der Waals surface area contributed by atoms with E-state index >= 15 is 0 Å². The third kappa shape index (κ3) is 3.35. The van der Waals surface area contributed by atoms with Crippen LogP contribution in [0.2, 0.25) is 5.02 Å². The second-order valence-electron chi connectivity index (χ2n) is 5.68. The molecule has 2 heterocycles. The molecule has 24 heavy (non-hydrogen) atoms. The number of fused-ring (bicyclic) bond motifs is 1. The van der Waals surface area contributed by atoms with Crippen LogP contribution in [0.4, 0.5) is 5.69 Å². The summed E-state index contributed by atoms with van der Waals surface area (Å²) in [6, 6.07) is 5.13. The third-order valence-corrected chi connectivity index (χ3v) is 5.45. The molecule has 0 radical (unpaired) electrons. The number of anilines is 1. The molecule has 1 saturated heterocycles. The molecule has 1 fully saturated rings. The van der Waals surface area contributed by atoms with E-state index in [1.165, 1.54) is 11.8 Å². The number of rotatable bonds is 4. The minimum Gasteiger partial charge on any atom is -0.479 e. The summed E-state index contributed by atoms with van der Waals surface area (Å²) < 4.78 is 5.10. The minimum atomic E-state index is -1.40. The largest absolute Gasteiger partial charge is 0.479 e. The van der Waals surface area contributed by atoms with Crippen LogP contribution in [0.1, 0.15) is 12.8 Å². The first kappa shape index (κ1) is 17.1. The first-order valence-electron chi connectivity index (χ1n) is 7.29. The lowest BCUT2D eigenvalue weighted by Crippen LogP contribution is -2.55. The highest BCUT2D eigenvalue weighted by Crippen LogP contribution is 2.38. The van der Waals surface area contributed by atoms with Crippen LogP contribution in [0.15, 0.2) is 23.1 Å². The number of benzene rings is 1. The Balaban J connectivity index is 1.67. The Labute approximate surface area is 147 Å². The van der Waals surface area contributed by atoms with Gasteiger partial charge < -0.3 is 20.5 Å². The van der Waals surface area contributed by atoms with E-state index in [1.54, 1.807) is 18.2 Å². The van der Waals surface area contributed by atoms with Crippen LogP contribution in [-0.4, -0.2) is 46.9 Å². The SMILES string of the molecule is O=C(CC1Sc2ccc(Cl)cc2NC1=O)NC1(C(=O)O)CCOC1. The minimum absolute atomic E-state index is 0.0700. The number of aliphatic carboxylic acids is 1. The van der Waals surface area contributed by atoms with Crippen LogP contribution < -0.4 is 10.6 Å². The van der Waals surface area contributed by atoms with Crippen molar-refractivity contribution in [3.05, 3.63) is 23.2 Å². The van der Waals surface area contributed by atoms with Crippen molar-refractivity contribution in [2.45, 2.75) is 28.5 Å². The summed E-state index contributed by atoms with van der Waals surface area (Å²) >= 11 is 7.15. The van der Waals surface area contributed by atoms with E-state index in [-0.39, 0.29) is 32.0 Å². The second kappa shape index (κ2) is 6.62. The van der Waals surface area contributed by atoms with E-state index in [1.807, 2.05) is 0 Å². The number of carboxylic acids is 1. The van der Waals surface area contributed by atoms with Gasteiger partial charge in [0.1, 0.15) is 0 Å². The van der Waals surface area contributed by atoms with Gasteiger partial charge in [-0.05, 0) is 18.2 Å². The molecule has 9 heteroatoms. The van der Waals surface area contributed by atoms with Gasteiger partial charge in [0.15, 0.2) is 5.54 Å². The van der Waals surface area contributed by atoms with Gasteiger partial charge in [-0.2, -0.15) is 0 Å². The number of thioether (sulfide) groups is 1. The zero-order valence-corrected chi connectivity index (χ0v) is 14.1. The monoisotopic (exact) mass is 370 g/mol. The maximum absolute atomic E-state index is 12.2. The van der Waals surface area contributed by atoms with Gasteiger partial charge in [0, 0.05) is 29.4 Å². The Morgan fingerprint density at radius 2 is 2.29 bits per heavy atom. The predicted molar refractivity (Wildman–Crippen MR) is 88.3 cm³/mol. The number of halogens is 1. The molecule has 0 spiro atoms. The zero-order valence-electron chi connectivity index (χ0n) is 12.5. The summed E-state index contributed by atoms with van der Waals surface area (Å²) in [5, 5.41) is 14.4. The molecule has 0 aromatic heterocycles. The van der Waals surface area contributed by atoms with E-state index in [9.17, 15) is 19.5 Å². The Kier molecular flexibility index (Phi) is 4.71. The summed E-state index contributed by atoms with van der Waals surface area (Å²) in [5.41, 5.74) is -0.793. The van der Waals surface area contributed by atoms with Crippen molar-refractivity contribution in [2.75, 3.05) is 18.5 Å². The highest BCUT2D eigenvalue weighted by molar-refractivity contribution is 8.01. The molecule has 2 atom stereocenters. The lowest BCUT2D eigenvalue weighted by molar-refractivity contribution is -0.147. The molecule has 0 saturated carbocycles. The van der Waals surface area contributed by atoms with Gasteiger partial charge >= 0.3 is 5.97 Å². The second-order valence-corrected chi connectivity index (χ2v) is 7.36. The molecule has 1 aromatic carbocycles. The number of nitrogens with one attached hydrogen (secondary N) is 2. The first-order valence-corrected chi connectivity index (χ1v) is 8.55. The summed E-state index contributed by atoms with van der Waals surface area (Å²) in [4.78, 5) is 36.6. The van der Waals surface area contributed by atoms with Crippen LogP contribution in [0.25, 0.3) is 0 Å². The van der Waals surface area contributed by atoms with Crippen LogP contribution in [0.3, 0.4) is 0 Å². The lowest BCUT2D eigenvalue weighted by atomic mass is 9.98. The predicted octanol–water partition coefficient (Wildman–Crippen LogP) is 1.50. The summed E-state index contributed by atoms with van der Waals surface area (Å²) in [6.45, 7) is 0.207. The van der Waals surface area contributed by atoms with Gasteiger partial charge in [-0.3, -0.25) is 9.59 Å². The number of amides is 2. The van der Waals surface area contributed by atoms with Gasteiger partial charge in [0.05, 0.1) is 17.5 Å². The van der Waals surface area contributed by atoms with Crippen molar-refractivity contribution in [3.63, 3.8) is 0 Å². The van der Waals surface area contributed by atoms with Crippen molar-refractivity contribution in [1.29, 1.82) is 0 Å². The summed E-state index contributed by atoms with van der Waals surface area (Å²) in [5.74, 6) is -1.93. The number of carbonyl (C=O) groups excluding carboxylic acids is 2. The molecular weight excluding hydrogens is 356 g/mol. The van der Waals surface area contributed by atoms with Gasteiger partial charge in [0.2, 0.25) is 11.8 Å². The number of hydrogen-bond donors (Lipinski definition) is 3.